The molecule has 1 saturated heterocycles. The van der Waals surface area contributed by atoms with Crippen LogP contribution in [-0.2, 0) is 11.2 Å². The van der Waals surface area contributed by atoms with Crippen LogP contribution in [0.2, 0.25) is 0 Å². The number of nitrogens with zero attached hydrogens (tertiary/aromatic N) is 3. The molecule has 2 aliphatic rings. The summed E-state index contributed by atoms with van der Waals surface area (Å²) in [5.41, 5.74) is 2.36. The molecule has 142 valence electrons. The number of nitrogens with one attached hydrogen (secondary N) is 1. The molecule has 0 atom stereocenters. The van der Waals surface area contributed by atoms with Crippen LogP contribution in [0.3, 0.4) is 0 Å². The highest BCUT2D eigenvalue weighted by Gasteiger charge is 2.24. The van der Waals surface area contributed by atoms with E-state index < -0.39 is 0 Å². The Morgan fingerprint density at radius 2 is 1.85 bits per heavy atom. The number of anilines is 1. The first-order chi connectivity index (χ1) is 12.7. The highest BCUT2D eigenvalue weighted by Crippen LogP contribution is 2.27. The number of hydrogen-bond donors (Lipinski definition) is 1. The quantitative estimate of drug-likeness (QED) is 0.877. The van der Waals surface area contributed by atoms with Crippen LogP contribution in [0.5, 0.6) is 0 Å². The predicted octanol–water partition coefficient (Wildman–Crippen LogP) is 2.09. The third-order valence-corrected chi connectivity index (χ3v) is 5.24. The summed E-state index contributed by atoms with van der Waals surface area (Å²) in [7, 11) is 0. The van der Waals surface area contributed by atoms with Crippen LogP contribution in [-0.4, -0.2) is 67.6 Å². The Bertz CT molecular complexity index is 626. The summed E-state index contributed by atoms with van der Waals surface area (Å²) >= 11 is 0. The first-order valence-corrected chi connectivity index (χ1v) is 9.82. The molecule has 0 aliphatic carbocycles. The molecule has 2 aliphatic heterocycles. The third kappa shape index (κ3) is 4.55. The molecule has 0 unspecified atom stereocenters. The monoisotopic (exact) mass is 358 g/mol. The van der Waals surface area contributed by atoms with Crippen molar-refractivity contribution in [2.24, 2.45) is 0 Å². The van der Waals surface area contributed by atoms with Crippen molar-refractivity contribution in [2.75, 3.05) is 50.7 Å². The lowest BCUT2D eigenvalue weighted by Gasteiger charge is -2.35. The minimum Gasteiger partial charge on any atom is -0.338 e. The SMILES string of the molecule is CCCNC(=O)N1CCN(CCC(=O)N2CCCc3ccccc32)CC1. The Kier molecular flexibility index (Phi) is 6.50. The fourth-order valence-corrected chi connectivity index (χ4v) is 3.70. The van der Waals surface area contributed by atoms with E-state index in [0.717, 1.165) is 70.8 Å². The second-order valence-electron chi connectivity index (χ2n) is 7.09. The second-order valence-corrected chi connectivity index (χ2v) is 7.09. The average molecular weight is 358 g/mol. The first kappa shape index (κ1) is 18.7. The lowest BCUT2D eigenvalue weighted by molar-refractivity contribution is -0.119. The third-order valence-electron chi connectivity index (χ3n) is 5.24. The van der Waals surface area contributed by atoms with Crippen LogP contribution in [0, 0.1) is 0 Å². The normalized spacial score (nSPS) is 17.7. The molecule has 2 heterocycles. The molecule has 0 bridgehead atoms. The summed E-state index contributed by atoms with van der Waals surface area (Å²) in [5, 5.41) is 2.93. The zero-order chi connectivity index (χ0) is 18.4. The number of carbonyl (C=O) groups excluding carboxylic acids is 2. The number of aryl methyl sites for hydroxylation is 1. The number of amides is 3. The van der Waals surface area contributed by atoms with Crippen LogP contribution in [0.25, 0.3) is 0 Å². The van der Waals surface area contributed by atoms with Crippen molar-refractivity contribution in [1.29, 1.82) is 0 Å². The van der Waals surface area contributed by atoms with Gasteiger partial charge >= 0.3 is 6.03 Å². The van der Waals surface area contributed by atoms with Crippen molar-refractivity contribution in [3.63, 3.8) is 0 Å². The maximum atomic E-state index is 12.7. The zero-order valence-electron chi connectivity index (χ0n) is 15.7. The number of benzene rings is 1. The largest absolute Gasteiger partial charge is 0.338 e. The van der Waals surface area contributed by atoms with E-state index in [9.17, 15) is 9.59 Å². The fraction of sp³-hybridized carbons (Fsp3) is 0.600. The number of fused-ring (bicyclic) bond motifs is 1. The Labute approximate surface area is 156 Å². The number of carbonyl (C=O) groups is 2. The Morgan fingerprint density at radius 1 is 1.08 bits per heavy atom. The fourth-order valence-electron chi connectivity index (χ4n) is 3.70. The Balaban J connectivity index is 1.44. The summed E-state index contributed by atoms with van der Waals surface area (Å²) in [6.07, 6.45) is 3.58. The van der Waals surface area contributed by atoms with Gasteiger partial charge in [0.15, 0.2) is 0 Å². The summed E-state index contributed by atoms with van der Waals surface area (Å²) in [4.78, 5) is 30.8. The standard InChI is InChI=1S/C20H30N4O2/c1-2-10-21-20(26)23-15-13-22(14-16-23)12-9-19(25)24-11-5-7-17-6-3-4-8-18(17)24/h3-4,6,8H,2,5,7,9-16H2,1H3,(H,21,26). The summed E-state index contributed by atoms with van der Waals surface area (Å²) in [6, 6.07) is 8.26. The van der Waals surface area contributed by atoms with Gasteiger partial charge in [0, 0.05) is 57.9 Å². The molecule has 26 heavy (non-hydrogen) atoms. The van der Waals surface area contributed by atoms with E-state index in [-0.39, 0.29) is 11.9 Å². The molecule has 6 heteroatoms. The van der Waals surface area contributed by atoms with Crippen LogP contribution < -0.4 is 10.2 Å². The lowest BCUT2D eigenvalue weighted by Crippen LogP contribution is -2.52. The van der Waals surface area contributed by atoms with Gasteiger partial charge in [-0.15, -0.1) is 0 Å². The molecule has 3 amide bonds. The van der Waals surface area contributed by atoms with Crippen LogP contribution >= 0.6 is 0 Å². The molecule has 0 radical (unpaired) electrons. The van der Waals surface area contributed by atoms with Gasteiger partial charge in [-0.2, -0.15) is 0 Å². The van der Waals surface area contributed by atoms with Crippen molar-refractivity contribution in [1.82, 2.24) is 15.1 Å². The summed E-state index contributed by atoms with van der Waals surface area (Å²) < 4.78 is 0. The van der Waals surface area contributed by atoms with E-state index in [2.05, 4.69) is 29.3 Å². The molecular weight excluding hydrogens is 328 g/mol. The molecule has 1 N–H and O–H groups in total. The molecule has 0 aromatic heterocycles. The Morgan fingerprint density at radius 3 is 2.62 bits per heavy atom. The highest BCUT2D eigenvalue weighted by atomic mass is 16.2. The van der Waals surface area contributed by atoms with E-state index in [4.69, 9.17) is 0 Å². The van der Waals surface area contributed by atoms with Gasteiger partial charge in [-0.1, -0.05) is 25.1 Å². The van der Waals surface area contributed by atoms with E-state index in [0.29, 0.717) is 6.42 Å². The number of para-hydroxylation sites is 1. The van der Waals surface area contributed by atoms with Crippen molar-refractivity contribution in [3.8, 4) is 0 Å². The summed E-state index contributed by atoms with van der Waals surface area (Å²) in [5.74, 6) is 0.209. The van der Waals surface area contributed by atoms with Gasteiger partial charge in [0.05, 0.1) is 0 Å². The molecule has 1 aromatic carbocycles. The van der Waals surface area contributed by atoms with Crippen molar-refractivity contribution < 1.29 is 9.59 Å². The maximum Gasteiger partial charge on any atom is 0.317 e. The van der Waals surface area contributed by atoms with Gasteiger partial charge in [0.2, 0.25) is 5.91 Å². The molecule has 1 fully saturated rings. The molecule has 0 spiro atoms. The van der Waals surface area contributed by atoms with Crippen molar-refractivity contribution in [3.05, 3.63) is 29.8 Å². The van der Waals surface area contributed by atoms with Crippen molar-refractivity contribution >= 4 is 17.6 Å². The molecule has 6 nitrogen and oxygen atoms in total. The first-order valence-electron chi connectivity index (χ1n) is 9.82. The van der Waals surface area contributed by atoms with Gasteiger partial charge in [-0.05, 0) is 30.9 Å². The minimum absolute atomic E-state index is 0.0347. The van der Waals surface area contributed by atoms with Crippen molar-refractivity contribution in [2.45, 2.75) is 32.6 Å². The molecule has 0 saturated carbocycles. The van der Waals surface area contributed by atoms with Gasteiger partial charge in [-0.3, -0.25) is 9.69 Å². The maximum absolute atomic E-state index is 12.7. The van der Waals surface area contributed by atoms with E-state index in [1.165, 1.54) is 5.56 Å². The smallest absolute Gasteiger partial charge is 0.317 e. The average Bonchev–Trinajstić information content (AvgIpc) is 2.70. The number of urea groups is 1. The number of piperazine rings is 1. The molecular formula is C20H30N4O2. The van der Waals surface area contributed by atoms with Gasteiger partial charge in [0.1, 0.15) is 0 Å². The molecule has 3 rings (SSSR count). The van der Waals surface area contributed by atoms with Crippen LogP contribution in [0.4, 0.5) is 10.5 Å². The van der Waals surface area contributed by atoms with E-state index >= 15 is 0 Å². The number of hydrogen-bond acceptors (Lipinski definition) is 3. The number of rotatable bonds is 5. The summed E-state index contributed by atoms with van der Waals surface area (Å²) in [6.45, 7) is 7.50. The predicted molar refractivity (Wildman–Crippen MR) is 103 cm³/mol. The van der Waals surface area contributed by atoms with Gasteiger partial charge in [0.25, 0.3) is 0 Å². The van der Waals surface area contributed by atoms with Crippen LogP contribution in [0.15, 0.2) is 24.3 Å². The van der Waals surface area contributed by atoms with E-state index in [1.807, 2.05) is 21.9 Å². The second kappa shape index (κ2) is 9.03. The zero-order valence-corrected chi connectivity index (χ0v) is 15.7. The molecule has 1 aromatic rings. The van der Waals surface area contributed by atoms with Crippen LogP contribution in [0.1, 0.15) is 31.7 Å². The highest BCUT2D eigenvalue weighted by molar-refractivity contribution is 5.94. The van der Waals surface area contributed by atoms with Gasteiger partial charge in [-0.25, -0.2) is 4.79 Å². The Hall–Kier alpha value is -2.08. The lowest BCUT2D eigenvalue weighted by atomic mass is 10.0. The minimum atomic E-state index is 0.0347. The van der Waals surface area contributed by atoms with Gasteiger partial charge < -0.3 is 15.1 Å². The van der Waals surface area contributed by atoms with E-state index in [1.54, 1.807) is 0 Å². The topological polar surface area (TPSA) is 55.9 Å².